The van der Waals surface area contributed by atoms with E-state index in [1.54, 1.807) is 24.3 Å². The summed E-state index contributed by atoms with van der Waals surface area (Å²) in [6.07, 6.45) is 0.695. The normalized spacial score (nSPS) is 13.6. The fourth-order valence-corrected chi connectivity index (χ4v) is 4.95. The van der Waals surface area contributed by atoms with Crippen LogP contribution in [-0.2, 0) is 21.9 Å². The quantitative estimate of drug-likeness (QED) is 0.570. The Morgan fingerprint density at radius 2 is 1.85 bits per heavy atom. The van der Waals surface area contributed by atoms with E-state index in [0.29, 0.717) is 30.4 Å². The number of nitrogens with zero attached hydrogens (tertiary/aromatic N) is 3. The summed E-state index contributed by atoms with van der Waals surface area (Å²) >= 11 is 0. The van der Waals surface area contributed by atoms with Gasteiger partial charge in [0.25, 0.3) is 0 Å². The summed E-state index contributed by atoms with van der Waals surface area (Å²) < 4.78 is 32.1. The van der Waals surface area contributed by atoms with E-state index in [4.69, 9.17) is 4.52 Å². The molecule has 174 valence electrons. The largest absolute Gasteiger partial charge is 0.338 e. The van der Waals surface area contributed by atoms with Crippen molar-refractivity contribution in [3.8, 4) is 11.4 Å². The smallest absolute Gasteiger partial charge is 0.319 e. The van der Waals surface area contributed by atoms with Gasteiger partial charge in [-0.3, -0.25) is 4.31 Å². The Labute approximate surface area is 193 Å². The fourth-order valence-electron chi connectivity index (χ4n) is 3.52. The molecule has 2 N–H and O–H groups in total. The van der Waals surface area contributed by atoms with E-state index in [0.717, 1.165) is 16.8 Å². The molecule has 33 heavy (non-hydrogen) atoms. The number of carbonyl (C=O) groups excluding carboxylic acids is 1. The van der Waals surface area contributed by atoms with Gasteiger partial charge in [-0.25, -0.2) is 13.2 Å². The Bertz CT molecular complexity index is 1250. The van der Waals surface area contributed by atoms with Crippen LogP contribution in [-0.4, -0.2) is 43.4 Å². The average Bonchev–Trinajstić information content (AvgIpc) is 3.42. The lowest BCUT2D eigenvalue weighted by atomic mass is 9.97. The molecule has 3 aromatic rings. The Morgan fingerprint density at radius 3 is 2.55 bits per heavy atom. The molecule has 0 fully saturated rings. The molecule has 2 heterocycles. The highest BCUT2D eigenvalue weighted by Gasteiger charge is 2.28. The number of sulfonamides is 1. The maximum absolute atomic E-state index is 12.7. The Kier molecular flexibility index (Phi) is 6.11. The molecule has 2 aromatic carbocycles. The van der Waals surface area contributed by atoms with Gasteiger partial charge in [0.15, 0.2) is 0 Å². The van der Waals surface area contributed by atoms with Crippen LogP contribution in [0.1, 0.15) is 32.2 Å². The van der Waals surface area contributed by atoms with Gasteiger partial charge >= 0.3 is 6.03 Å². The van der Waals surface area contributed by atoms with Gasteiger partial charge in [0.1, 0.15) is 0 Å². The van der Waals surface area contributed by atoms with E-state index in [9.17, 15) is 13.2 Å². The van der Waals surface area contributed by atoms with Crippen LogP contribution in [0.15, 0.2) is 53.1 Å². The molecular formula is C23H27N5O4S. The first-order valence-electron chi connectivity index (χ1n) is 10.7. The van der Waals surface area contributed by atoms with Crippen molar-refractivity contribution in [3.63, 3.8) is 0 Å². The summed E-state index contributed by atoms with van der Waals surface area (Å²) in [7, 11) is -3.52. The molecule has 1 aromatic heterocycles. The second-order valence-corrected chi connectivity index (χ2v) is 10.9. The molecule has 10 heteroatoms. The summed E-state index contributed by atoms with van der Waals surface area (Å²) in [5, 5.41) is 9.31. The highest BCUT2D eigenvalue weighted by molar-refractivity contribution is 7.92. The van der Waals surface area contributed by atoms with Crippen molar-refractivity contribution < 1.29 is 17.7 Å². The number of amides is 2. The minimum Gasteiger partial charge on any atom is -0.338 e. The maximum Gasteiger partial charge on any atom is 0.319 e. The maximum atomic E-state index is 12.7. The Morgan fingerprint density at radius 1 is 1.12 bits per heavy atom. The van der Waals surface area contributed by atoms with Crippen molar-refractivity contribution in [2.45, 2.75) is 32.6 Å². The Balaban J connectivity index is 1.29. The molecule has 1 aliphatic rings. The van der Waals surface area contributed by atoms with Crippen molar-refractivity contribution in [2.75, 3.05) is 28.5 Å². The molecular weight excluding hydrogens is 442 g/mol. The molecule has 0 spiro atoms. The molecule has 1 aliphatic heterocycles. The highest BCUT2D eigenvalue weighted by Crippen LogP contribution is 2.30. The van der Waals surface area contributed by atoms with Crippen molar-refractivity contribution >= 4 is 27.4 Å². The number of fused-ring (bicyclic) bond motifs is 1. The van der Waals surface area contributed by atoms with Crippen molar-refractivity contribution in [1.29, 1.82) is 0 Å². The highest BCUT2D eigenvalue weighted by atomic mass is 32.2. The zero-order valence-corrected chi connectivity index (χ0v) is 19.6. The van der Waals surface area contributed by atoms with Gasteiger partial charge in [0, 0.05) is 29.8 Å². The summed E-state index contributed by atoms with van der Waals surface area (Å²) in [5.41, 5.74) is 2.82. The second kappa shape index (κ2) is 8.86. The number of hydrogen-bond donors (Lipinski definition) is 2. The number of nitrogens with one attached hydrogen (secondary N) is 2. The Hall–Kier alpha value is -3.40. The zero-order valence-electron chi connectivity index (χ0n) is 18.8. The number of rotatable bonds is 6. The SMILES string of the molecule is CC(C)(C)c1nc(-c2ccc(NC(=O)NCCS(=O)(=O)N3CCc4ccccc43)cc2)no1. The topological polar surface area (TPSA) is 117 Å². The molecule has 9 nitrogen and oxygen atoms in total. The number of anilines is 2. The van der Waals surface area contributed by atoms with Gasteiger partial charge in [-0.05, 0) is 42.3 Å². The van der Waals surface area contributed by atoms with E-state index >= 15 is 0 Å². The van der Waals surface area contributed by atoms with Crippen molar-refractivity contribution in [1.82, 2.24) is 15.5 Å². The van der Waals surface area contributed by atoms with Crippen LogP contribution < -0.4 is 14.9 Å². The average molecular weight is 470 g/mol. The molecule has 0 aliphatic carbocycles. The van der Waals surface area contributed by atoms with Gasteiger partial charge in [0.2, 0.25) is 21.7 Å². The molecule has 0 bridgehead atoms. The standard InChI is InChI=1S/C23H27N5O4S/c1-23(2,3)21-26-20(27-32-21)17-8-10-18(11-9-17)25-22(29)24-13-15-33(30,31)28-14-12-16-6-4-5-7-19(16)28/h4-11H,12-15H2,1-3H3,(H2,24,25,29). The van der Waals surface area contributed by atoms with Gasteiger partial charge < -0.3 is 15.2 Å². The van der Waals surface area contributed by atoms with Crippen LogP contribution in [0.5, 0.6) is 0 Å². The zero-order chi connectivity index (χ0) is 23.6. The number of para-hydroxylation sites is 1. The summed E-state index contributed by atoms with van der Waals surface area (Å²) in [4.78, 5) is 16.6. The molecule has 0 atom stereocenters. The van der Waals surface area contributed by atoms with E-state index in [2.05, 4.69) is 20.8 Å². The molecule has 2 amide bonds. The molecule has 0 saturated carbocycles. The number of hydrogen-bond acceptors (Lipinski definition) is 6. The predicted molar refractivity (Wildman–Crippen MR) is 127 cm³/mol. The van der Waals surface area contributed by atoms with E-state index in [-0.39, 0.29) is 17.7 Å². The van der Waals surface area contributed by atoms with Crippen molar-refractivity contribution in [2.24, 2.45) is 0 Å². The van der Waals surface area contributed by atoms with Gasteiger partial charge in [-0.1, -0.05) is 44.1 Å². The van der Waals surface area contributed by atoms with Crippen LogP contribution in [0, 0.1) is 0 Å². The van der Waals surface area contributed by atoms with E-state index in [1.165, 1.54) is 4.31 Å². The first-order valence-corrected chi connectivity index (χ1v) is 12.3. The van der Waals surface area contributed by atoms with Crippen LogP contribution in [0.25, 0.3) is 11.4 Å². The minimum atomic E-state index is -3.52. The molecule has 0 saturated heterocycles. The van der Waals surface area contributed by atoms with Crippen LogP contribution >= 0.6 is 0 Å². The third kappa shape index (κ3) is 5.16. The number of benzene rings is 2. The lowest BCUT2D eigenvalue weighted by Crippen LogP contribution is -2.38. The molecule has 0 radical (unpaired) electrons. The summed E-state index contributed by atoms with van der Waals surface area (Å²) in [6.45, 7) is 6.41. The van der Waals surface area contributed by atoms with Gasteiger partial charge in [-0.15, -0.1) is 0 Å². The number of urea groups is 1. The lowest BCUT2D eigenvalue weighted by molar-refractivity contribution is 0.252. The predicted octanol–water partition coefficient (Wildman–Crippen LogP) is 3.55. The summed E-state index contributed by atoms with van der Waals surface area (Å²) in [5.74, 6) is 0.845. The number of carbonyl (C=O) groups is 1. The number of aromatic nitrogens is 2. The molecule has 4 rings (SSSR count). The summed E-state index contributed by atoms with van der Waals surface area (Å²) in [6, 6.07) is 14.0. The van der Waals surface area contributed by atoms with E-state index in [1.807, 2.05) is 45.0 Å². The molecule has 0 unspecified atom stereocenters. The monoisotopic (exact) mass is 469 g/mol. The van der Waals surface area contributed by atoms with Crippen LogP contribution in [0.3, 0.4) is 0 Å². The third-order valence-corrected chi connectivity index (χ3v) is 7.07. The van der Waals surface area contributed by atoms with Gasteiger partial charge in [0.05, 0.1) is 11.4 Å². The first-order chi connectivity index (χ1) is 15.6. The van der Waals surface area contributed by atoms with Gasteiger partial charge in [-0.2, -0.15) is 4.98 Å². The van der Waals surface area contributed by atoms with Crippen LogP contribution in [0.2, 0.25) is 0 Å². The fraction of sp³-hybridized carbons (Fsp3) is 0.348. The van der Waals surface area contributed by atoms with E-state index < -0.39 is 16.1 Å². The lowest BCUT2D eigenvalue weighted by Gasteiger charge is -2.19. The minimum absolute atomic E-state index is 0.00333. The van der Waals surface area contributed by atoms with Crippen molar-refractivity contribution in [3.05, 3.63) is 60.0 Å². The second-order valence-electron chi connectivity index (χ2n) is 8.90. The first kappa shape index (κ1) is 22.8. The third-order valence-electron chi connectivity index (χ3n) is 5.29. The van der Waals surface area contributed by atoms with Crippen LogP contribution in [0.4, 0.5) is 16.2 Å².